The van der Waals surface area contributed by atoms with E-state index in [4.69, 9.17) is 0 Å². The molecule has 0 radical (unpaired) electrons. The van der Waals surface area contributed by atoms with Gasteiger partial charge >= 0.3 is 5.97 Å². The predicted molar refractivity (Wildman–Crippen MR) is 77.8 cm³/mol. The van der Waals surface area contributed by atoms with E-state index in [1.54, 1.807) is 0 Å². The van der Waals surface area contributed by atoms with Crippen LogP contribution in [0.3, 0.4) is 0 Å². The van der Waals surface area contributed by atoms with Gasteiger partial charge in [0.2, 0.25) is 0 Å². The van der Waals surface area contributed by atoms with Crippen LogP contribution >= 0.6 is 0 Å². The molecule has 5 nitrogen and oxygen atoms in total. The summed E-state index contributed by atoms with van der Waals surface area (Å²) in [6.07, 6.45) is 4.43. The van der Waals surface area contributed by atoms with E-state index in [0.717, 1.165) is 58.4 Å². The van der Waals surface area contributed by atoms with Crippen LogP contribution in [0.1, 0.15) is 32.6 Å². The van der Waals surface area contributed by atoms with E-state index in [1.807, 2.05) is 0 Å². The number of nitrogens with one attached hydrogen (secondary N) is 1. The molecule has 114 valence electrons. The van der Waals surface area contributed by atoms with Gasteiger partial charge in [0.25, 0.3) is 0 Å². The maximum Gasteiger partial charge on any atom is 0.325 e. The SMILES string of the molecule is CCN1CCN(CC(NC2CC2)(C(=O)O)C2CC2)CC1. The van der Waals surface area contributed by atoms with Gasteiger partial charge in [-0.15, -0.1) is 0 Å². The Morgan fingerprint density at radius 2 is 1.75 bits per heavy atom. The number of carboxylic acids is 1. The Kier molecular flexibility index (Phi) is 4.02. The molecule has 20 heavy (non-hydrogen) atoms. The fraction of sp³-hybridized carbons (Fsp3) is 0.933. The zero-order chi connectivity index (χ0) is 14.2. The average Bonchev–Trinajstić information content (AvgIpc) is 3.31. The highest BCUT2D eigenvalue weighted by molar-refractivity contribution is 5.80. The van der Waals surface area contributed by atoms with Gasteiger partial charge in [0, 0.05) is 38.8 Å². The zero-order valence-corrected chi connectivity index (χ0v) is 12.5. The monoisotopic (exact) mass is 281 g/mol. The molecule has 3 fully saturated rings. The van der Waals surface area contributed by atoms with Crippen LogP contribution in [0.25, 0.3) is 0 Å². The lowest BCUT2D eigenvalue weighted by Gasteiger charge is -2.40. The molecule has 3 rings (SSSR count). The third kappa shape index (κ3) is 3.00. The van der Waals surface area contributed by atoms with Crippen LogP contribution in [0.4, 0.5) is 0 Å². The number of hydrogen-bond acceptors (Lipinski definition) is 4. The minimum absolute atomic E-state index is 0.338. The van der Waals surface area contributed by atoms with Crippen molar-refractivity contribution in [1.29, 1.82) is 0 Å². The number of rotatable bonds is 7. The van der Waals surface area contributed by atoms with Crippen molar-refractivity contribution in [3.05, 3.63) is 0 Å². The Bertz CT molecular complexity index is 360. The Morgan fingerprint density at radius 3 is 2.20 bits per heavy atom. The summed E-state index contributed by atoms with van der Waals surface area (Å²) in [5.41, 5.74) is -0.685. The standard InChI is InChI=1S/C15H27N3O2/c1-2-17-7-9-18(10-8-17)11-15(14(19)20,12-3-4-12)16-13-5-6-13/h12-13,16H,2-11H2,1H3,(H,19,20). The minimum atomic E-state index is -0.685. The van der Waals surface area contributed by atoms with Gasteiger partial charge in [0.15, 0.2) is 0 Å². The first-order valence-corrected chi connectivity index (χ1v) is 8.10. The number of likely N-dealkylation sites (N-methyl/N-ethyl adjacent to an activating group) is 1. The molecule has 0 aromatic rings. The fourth-order valence-electron chi connectivity index (χ4n) is 3.38. The van der Waals surface area contributed by atoms with E-state index in [1.165, 1.54) is 0 Å². The molecule has 1 heterocycles. The summed E-state index contributed by atoms with van der Waals surface area (Å²) in [6, 6.07) is 0.448. The molecule has 1 unspecified atom stereocenters. The van der Waals surface area contributed by atoms with Crippen LogP contribution in [0.15, 0.2) is 0 Å². The van der Waals surface area contributed by atoms with Crippen molar-refractivity contribution < 1.29 is 9.90 Å². The molecule has 0 aromatic carbocycles. The van der Waals surface area contributed by atoms with Gasteiger partial charge in [-0.25, -0.2) is 0 Å². The predicted octanol–water partition coefficient (Wildman–Crippen LogP) is 0.609. The number of carbonyl (C=O) groups is 1. The summed E-state index contributed by atoms with van der Waals surface area (Å²) in [5, 5.41) is 13.3. The van der Waals surface area contributed by atoms with Crippen LogP contribution in [0.2, 0.25) is 0 Å². The third-order valence-electron chi connectivity index (χ3n) is 5.08. The van der Waals surface area contributed by atoms with E-state index < -0.39 is 11.5 Å². The number of carboxylic acid groups (broad SMARTS) is 1. The van der Waals surface area contributed by atoms with Crippen molar-refractivity contribution in [2.45, 2.75) is 44.2 Å². The van der Waals surface area contributed by atoms with Crippen molar-refractivity contribution >= 4 is 5.97 Å². The molecule has 1 saturated heterocycles. The van der Waals surface area contributed by atoms with Crippen molar-refractivity contribution in [3.63, 3.8) is 0 Å². The Labute approximate surface area is 121 Å². The molecule has 0 amide bonds. The highest BCUT2D eigenvalue weighted by Crippen LogP contribution is 2.42. The summed E-state index contributed by atoms with van der Waals surface area (Å²) in [7, 11) is 0. The van der Waals surface area contributed by atoms with Gasteiger partial charge in [-0.2, -0.15) is 0 Å². The molecule has 2 saturated carbocycles. The maximum absolute atomic E-state index is 12.0. The summed E-state index contributed by atoms with van der Waals surface area (Å²) in [4.78, 5) is 16.8. The van der Waals surface area contributed by atoms with Crippen molar-refractivity contribution in [2.24, 2.45) is 5.92 Å². The number of hydrogen-bond donors (Lipinski definition) is 2. The Balaban J connectivity index is 1.65. The van der Waals surface area contributed by atoms with Crippen molar-refractivity contribution in [2.75, 3.05) is 39.3 Å². The average molecular weight is 281 g/mol. The van der Waals surface area contributed by atoms with Crippen molar-refractivity contribution in [1.82, 2.24) is 15.1 Å². The second-order valence-electron chi connectivity index (χ2n) is 6.68. The second-order valence-corrected chi connectivity index (χ2v) is 6.68. The van der Waals surface area contributed by atoms with Crippen LogP contribution in [-0.2, 0) is 4.79 Å². The molecule has 2 N–H and O–H groups in total. The Morgan fingerprint density at radius 1 is 1.15 bits per heavy atom. The van der Waals surface area contributed by atoms with Gasteiger partial charge in [-0.05, 0) is 38.1 Å². The zero-order valence-electron chi connectivity index (χ0n) is 12.5. The van der Waals surface area contributed by atoms with E-state index in [0.29, 0.717) is 18.5 Å². The topological polar surface area (TPSA) is 55.8 Å². The van der Waals surface area contributed by atoms with Gasteiger partial charge in [0.1, 0.15) is 5.54 Å². The van der Waals surface area contributed by atoms with E-state index in [9.17, 15) is 9.90 Å². The first-order chi connectivity index (χ1) is 9.64. The lowest BCUT2D eigenvalue weighted by atomic mass is 9.91. The number of nitrogens with zero attached hydrogens (tertiary/aromatic N) is 2. The van der Waals surface area contributed by atoms with Crippen LogP contribution in [-0.4, -0.2) is 71.7 Å². The molecule has 0 aromatic heterocycles. The number of piperazine rings is 1. The molecular formula is C15H27N3O2. The van der Waals surface area contributed by atoms with Crippen LogP contribution in [0, 0.1) is 5.92 Å². The molecule has 0 bridgehead atoms. The highest BCUT2D eigenvalue weighted by Gasteiger charge is 2.54. The van der Waals surface area contributed by atoms with Gasteiger partial charge < -0.3 is 10.0 Å². The molecule has 0 spiro atoms. The molecule has 1 atom stereocenters. The first-order valence-electron chi connectivity index (χ1n) is 8.10. The second kappa shape index (κ2) is 5.62. The summed E-state index contributed by atoms with van der Waals surface area (Å²) in [5.74, 6) is -0.297. The van der Waals surface area contributed by atoms with Crippen LogP contribution < -0.4 is 5.32 Å². The van der Waals surface area contributed by atoms with Crippen molar-refractivity contribution in [3.8, 4) is 0 Å². The molecule has 2 aliphatic carbocycles. The lowest BCUT2D eigenvalue weighted by Crippen LogP contribution is -2.63. The summed E-state index contributed by atoms with van der Waals surface area (Å²) >= 11 is 0. The summed E-state index contributed by atoms with van der Waals surface area (Å²) < 4.78 is 0. The van der Waals surface area contributed by atoms with E-state index in [-0.39, 0.29) is 0 Å². The van der Waals surface area contributed by atoms with E-state index >= 15 is 0 Å². The fourth-order valence-corrected chi connectivity index (χ4v) is 3.38. The molecule has 3 aliphatic rings. The normalized spacial score (nSPS) is 28.2. The minimum Gasteiger partial charge on any atom is -0.480 e. The third-order valence-corrected chi connectivity index (χ3v) is 5.08. The quantitative estimate of drug-likeness (QED) is 0.716. The van der Waals surface area contributed by atoms with Gasteiger partial charge in [-0.3, -0.25) is 15.0 Å². The van der Waals surface area contributed by atoms with Gasteiger partial charge in [-0.1, -0.05) is 6.92 Å². The Hall–Kier alpha value is -0.650. The van der Waals surface area contributed by atoms with Crippen LogP contribution in [0.5, 0.6) is 0 Å². The maximum atomic E-state index is 12.0. The molecule has 1 aliphatic heterocycles. The lowest BCUT2D eigenvalue weighted by molar-refractivity contribution is -0.147. The molecule has 5 heteroatoms. The largest absolute Gasteiger partial charge is 0.480 e. The number of aliphatic carboxylic acids is 1. The highest BCUT2D eigenvalue weighted by atomic mass is 16.4. The smallest absolute Gasteiger partial charge is 0.325 e. The first kappa shape index (κ1) is 14.3. The van der Waals surface area contributed by atoms with E-state index in [2.05, 4.69) is 22.0 Å². The van der Waals surface area contributed by atoms with Gasteiger partial charge in [0.05, 0.1) is 0 Å². The molecular weight excluding hydrogens is 254 g/mol. The summed E-state index contributed by atoms with van der Waals surface area (Å²) in [6.45, 7) is 8.11.